The molecule has 1 aliphatic heterocycles. The second kappa shape index (κ2) is 6.59. The van der Waals surface area contributed by atoms with E-state index in [0.29, 0.717) is 36.1 Å². The molecule has 3 aromatic heterocycles. The Bertz CT molecular complexity index is 1140. The van der Waals surface area contributed by atoms with Crippen molar-refractivity contribution in [3.8, 4) is 0 Å². The molecule has 1 amide bonds. The Morgan fingerprint density at radius 1 is 1.29 bits per heavy atom. The van der Waals surface area contributed by atoms with Gasteiger partial charge in [-0.3, -0.25) is 4.79 Å². The monoisotopic (exact) mass is 378 g/mol. The fraction of sp³-hybridized carbons (Fsp3) is 0.316. The van der Waals surface area contributed by atoms with E-state index in [9.17, 15) is 4.79 Å². The Labute approximate surface area is 159 Å². The molecule has 1 aromatic carbocycles. The third-order valence-corrected chi connectivity index (χ3v) is 5.12. The highest BCUT2D eigenvalue weighted by Gasteiger charge is 2.35. The van der Waals surface area contributed by atoms with Crippen LogP contribution in [0.25, 0.3) is 11.0 Å². The van der Waals surface area contributed by atoms with Gasteiger partial charge < -0.3 is 13.9 Å². The van der Waals surface area contributed by atoms with Gasteiger partial charge in [0.1, 0.15) is 24.2 Å². The Kier molecular flexibility index (Phi) is 3.92. The summed E-state index contributed by atoms with van der Waals surface area (Å²) in [5, 5.41) is 7.81. The number of benzene rings is 1. The lowest BCUT2D eigenvalue weighted by molar-refractivity contribution is 0.0724. The van der Waals surface area contributed by atoms with E-state index >= 15 is 0 Å². The molecule has 1 atom stereocenters. The number of carbonyl (C=O) groups is 1. The fourth-order valence-electron chi connectivity index (χ4n) is 3.75. The van der Waals surface area contributed by atoms with Crippen molar-refractivity contribution in [2.75, 3.05) is 6.54 Å². The molecule has 0 N–H and O–H groups in total. The zero-order valence-electron chi connectivity index (χ0n) is 15.3. The van der Waals surface area contributed by atoms with Crippen LogP contribution < -0.4 is 0 Å². The number of imidazole rings is 1. The maximum atomic E-state index is 13.0. The van der Waals surface area contributed by atoms with Crippen molar-refractivity contribution < 1.29 is 13.8 Å². The van der Waals surface area contributed by atoms with E-state index < -0.39 is 0 Å². The highest BCUT2D eigenvalue weighted by molar-refractivity contribution is 5.92. The average molecular weight is 378 g/mol. The molecule has 1 saturated heterocycles. The summed E-state index contributed by atoms with van der Waals surface area (Å²) in [6.07, 6.45) is 4.88. The van der Waals surface area contributed by atoms with Gasteiger partial charge in [-0.2, -0.15) is 0 Å². The molecule has 142 valence electrons. The molecule has 0 bridgehead atoms. The van der Waals surface area contributed by atoms with Crippen LogP contribution in [0.15, 0.2) is 45.9 Å². The minimum Gasteiger partial charge on any atom is -0.446 e. The predicted octanol–water partition coefficient (Wildman–Crippen LogP) is 2.74. The molecule has 1 aliphatic rings. The van der Waals surface area contributed by atoms with E-state index in [1.165, 1.54) is 6.26 Å². The number of hydrogen-bond donors (Lipinski definition) is 0. The van der Waals surface area contributed by atoms with Crippen LogP contribution in [0.4, 0.5) is 0 Å². The number of aryl methyl sites for hydroxylation is 1. The van der Waals surface area contributed by atoms with E-state index in [1.807, 2.05) is 35.8 Å². The number of fused-ring (bicyclic) bond motifs is 1. The van der Waals surface area contributed by atoms with Crippen LogP contribution in [0.1, 0.15) is 46.7 Å². The van der Waals surface area contributed by atoms with E-state index in [2.05, 4.69) is 20.3 Å². The molecule has 0 unspecified atom stereocenters. The van der Waals surface area contributed by atoms with Crippen molar-refractivity contribution in [2.45, 2.75) is 32.4 Å². The topological polar surface area (TPSA) is 103 Å². The Balaban J connectivity index is 1.37. The van der Waals surface area contributed by atoms with Gasteiger partial charge in [-0.1, -0.05) is 22.4 Å². The standard InChI is InChI=1S/C19H18N6O3/c1-12-18(23-28-22-12)16-7-4-8-25(16)19(26)14-10-27-17(21-14)9-24-11-20-13-5-2-3-6-15(13)24/h2-3,5-6,10-11,16H,4,7-9H2,1H3/t16-/m1/s1. The van der Waals surface area contributed by atoms with Crippen LogP contribution >= 0.6 is 0 Å². The van der Waals surface area contributed by atoms with Crippen molar-refractivity contribution in [3.63, 3.8) is 0 Å². The summed E-state index contributed by atoms with van der Waals surface area (Å²) in [5.74, 6) is 0.289. The highest BCUT2D eigenvalue weighted by Crippen LogP contribution is 2.33. The molecule has 0 radical (unpaired) electrons. The van der Waals surface area contributed by atoms with Crippen LogP contribution in [0, 0.1) is 6.92 Å². The molecule has 0 spiro atoms. The summed E-state index contributed by atoms with van der Waals surface area (Å²) in [6, 6.07) is 7.70. The maximum Gasteiger partial charge on any atom is 0.276 e. The van der Waals surface area contributed by atoms with E-state index in [4.69, 9.17) is 9.05 Å². The van der Waals surface area contributed by atoms with E-state index in [-0.39, 0.29) is 11.9 Å². The van der Waals surface area contributed by atoms with Crippen LogP contribution in [0.5, 0.6) is 0 Å². The van der Waals surface area contributed by atoms with Crippen molar-refractivity contribution in [3.05, 3.63) is 59.8 Å². The number of amides is 1. The third kappa shape index (κ3) is 2.75. The number of likely N-dealkylation sites (tertiary alicyclic amines) is 1. The van der Waals surface area contributed by atoms with Crippen LogP contribution in [-0.2, 0) is 6.54 Å². The smallest absolute Gasteiger partial charge is 0.276 e. The molecule has 0 aliphatic carbocycles. The van der Waals surface area contributed by atoms with Gasteiger partial charge in [0.05, 0.1) is 23.4 Å². The first-order valence-electron chi connectivity index (χ1n) is 9.15. The minimum absolute atomic E-state index is 0.142. The summed E-state index contributed by atoms with van der Waals surface area (Å²) in [7, 11) is 0. The molecule has 5 rings (SSSR count). The van der Waals surface area contributed by atoms with Gasteiger partial charge in [-0.25, -0.2) is 14.6 Å². The number of oxazole rings is 1. The van der Waals surface area contributed by atoms with Crippen LogP contribution in [0.2, 0.25) is 0 Å². The highest BCUT2D eigenvalue weighted by atomic mass is 16.6. The lowest BCUT2D eigenvalue weighted by Gasteiger charge is -2.21. The van der Waals surface area contributed by atoms with Crippen molar-refractivity contribution >= 4 is 16.9 Å². The first-order valence-corrected chi connectivity index (χ1v) is 9.15. The number of carbonyl (C=O) groups excluding carboxylic acids is 1. The molecular formula is C19H18N6O3. The number of rotatable bonds is 4. The van der Waals surface area contributed by atoms with Gasteiger partial charge in [0.25, 0.3) is 5.91 Å². The number of nitrogens with zero attached hydrogens (tertiary/aromatic N) is 6. The normalized spacial score (nSPS) is 16.9. The molecular weight excluding hydrogens is 360 g/mol. The lowest BCUT2D eigenvalue weighted by atomic mass is 10.1. The summed E-state index contributed by atoms with van der Waals surface area (Å²) >= 11 is 0. The van der Waals surface area contributed by atoms with Gasteiger partial charge >= 0.3 is 0 Å². The average Bonchev–Trinajstić information content (AvgIpc) is 3.48. The molecule has 9 heteroatoms. The van der Waals surface area contributed by atoms with E-state index in [0.717, 1.165) is 23.9 Å². The van der Waals surface area contributed by atoms with Gasteiger partial charge in [-0.05, 0) is 31.9 Å². The van der Waals surface area contributed by atoms with Crippen LogP contribution in [0.3, 0.4) is 0 Å². The number of hydrogen-bond acceptors (Lipinski definition) is 7. The van der Waals surface area contributed by atoms with Crippen molar-refractivity contribution in [2.24, 2.45) is 0 Å². The van der Waals surface area contributed by atoms with Gasteiger partial charge in [-0.15, -0.1) is 0 Å². The lowest BCUT2D eigenvalue weighted by Crippen LogP contribution is -2.31. The Morgan fingerprint density at radius 2 is 2.18 bits per heavy atom. The first kappa shape index (κ1) is 16.7. The maximum absolute atomic E-state index is 13.0. The summed E-state index contributed by atoms with van der Waals surface area (Å²) < 4.78 is 12.3. The quantitative estimate of drug-likeness (QED) is 0.538. The van der Waals surface area contributed by atoms with Crippen molar-refractivity contribution in [1.82, 2.24) is 29.7 Å². The number of aromatic nitrogens is 5. The summed E-state index contributed by atoms with van der Waals surface area (Å²) in [4.78, 5) is 23.5. The second-order valence-electron chi connectivity index (χ2n) is 6.88. The molecule has 1 fully saturated rings. The summed E-state index contributed by atoms with van der Waals surface area (Å²) in [5.41, 5.74) is 3.60. The zero-order chi connectivity index (χ0) is 19.1. The second-order valence-corrected chi connectivity index (χ2v) is 6.88. The van der Waals surface area contributed by atoms with Crippen LogP contribution in [-0.4, -0.2) is 42.2 Å². The van der Waals surface area contributed by atoms with Gasteiger partial charge in [0.2, 0.25) is 5.89 Å². The largest absolute Gasteiger partial charge is 0.446 e. The molecule has 0 saturated carbocycles. The van der Waals surface area contributed by atoms with Crippen molar-refractivity contribution in [1.29, 1.82) is 0 Å². The Morgan fingerprint density at radius 3 is 3.04 bits per heavy atom. The molecule has 4 aromatic rings. The van der Waals surface area contributed by atoms with E-state index in [1.54, 1.807) is 11.2 Å². The third-order valence-electron chi connectivity index (χ3n) is 5.12. The molecule has 9 nitrogen and oxygen atoms in total. The SMILES string of the molecule is Cc1nonc1[C@H]1CCCN1C(=O)c1coc(Cn2cnc3ccccc32)n1. The molecule has 4 heterocycles. The van der Waals surface area contributed by atoms with Gasteiger partial charge in [0, 0.05) is 6.54 Å². The van der Waals surface area contributed by atoms with Gasteiger partial charge in [0.15, 0.2) is 5.69 Å². The minimum atomic E-state index is -0.171. The Hall–Kier alpha value is -3.49. The predicted molar refractivity (Wildman–Crippen MR) is 97.4 cm³/mol. The summed E-state index contributed by atoms with van der Waals surface area (Å²) in [6.45, 7) is 2.88. The fourth-order valence-corrected chi connectivity index (χ4v) is 3.75. The number of para-hydroxylation sites is 2. The molecule has 28 heavy (non-hydrogen) atoms. The first-order chi connectivity index (χ1) is 13.7. The zero-order valence-corrected chi connectivity index (χ0v) is 15.3.